The molecule has 2 fully saturated rings. The predicted molar refractivity (Wildman–Crippen MR) is 169 cm³/mol. The molecular formula is C32H42N2O6S2. The van der Waals surface area contributed by atoms with Crippen molar-refractivity contribution in [2.75, 3.05) is 10.6 Å². The zero-order valence-electron chi connectivity index (χ0n) is 24.9. The van der Waals surface area contributed by atoms with Gasteiger partial charge in [0.15, 0.2) is 0 Å². The molecule has 2 amide bonds. The van der Waals surface area contributed by atoms with Gasteiger partial charge in [0.1, 0.15) is 12.2 Å². The second-order valence-electron chi connectivity index (χ2n) is 10.5. The Morgan fingerprint density at radius 3 is 1.31 bits per heavy atom. The third-order valence-corrected chi connectivity index (χ3v) is 9.77. The van der Waals surface area contributed by atoms with E-state index < -0.39 is 0 Å². The van der Waals surface area contributed by atoms with Crippen molar-refractivity contribution in [3.05, 3.63) is 48.5 Å². The molecule has 2 aliphatic carbocycles. The zero-order chi connectivity index (χ0) is 30.5. The highest BCUT2D eigenvalue weighted by molar-refractivity contribution is 8.00. The summed E-state index contributed by atoms with van der Waals surface area (Å²) in [6, 6.07) is 15.5. The van der Waals surface area contributed by atoms with Crippen molar-refractivity contribution in [2.24, 2.45) is 0 Å². The van der Waals surface area contributed by atoms with Gasteiger partial charge in [-0.25, -0.2) is 0 Å². The minimum Gasteiger partial charge on any atom is -0.461 e. The molecule has 2 saturated carbocycles. The van der Waals surface area contributed by atoms with Crippen LogP contribution in [0.15, 0.2) is 58.3 Å². The van der Waals surface area contributed by atoms with E-state index in [-0.39, 0.29) is 46.5 Å². The quantitative estimate of drug-likeness (QED) is 0.300. The summed E-state index contributed by atoms with van der Waals surface area (Å²) >= 11 is 3.38. The van der Waals surface area contributed by atoms with Crippen LogP contribution in [0.1, 0.15) is 79.1 Å². The maximum absolute atomic E-state index is 11.3. The summed E-state index contributed by atoms with van der Waals surface area (Å²) in [5.74, 6) is -0.600. The number of anilines is 2. The summed E-state index contributed by atoms with van der Waals surface area (Å²) in [6.45, 7) is 5.93. The third-order valence-electron chi connectivity index (χ3n) is 6.87. The van der Waals surface area contributed by atoms with Crippen molar-refractivity contribution >= 4 is 58.7 Å². The third kappa shape index (κ3) is 11.4. The molecule has 0 unspecified atom stereocenters. The Morgan fingerprint density at radius 2 is 0.952 bits per heavy atom. The Kier molecular flexibility index (Phi) is 13.7. The Morgan fingerprint density at radius 1 is 0.595 bits per heavy atom. The van der Waals surface area contributed by atoms with Gasteiger partial charge in [-0.1, -0.05) is 37.1 Å². The van der Waals surface area contributed by atoms with Gasteiger partial charge < -0.3 is 20.1 Å². The first-order valence-electron chi connectivity index (χ1n) is 14.5. The van der Waals surface area contributed by atoms with Crippen molar-refractivity contribution in [1.82, 2.24) is 0 Å². The Labute approximate surface area is 257 Å². The first kappa shape index (κ1) is 33.5. The number of hydrogen-bond donors (Lipinski definition) is 2. The van der Waals surface area contributed by atoms with Crippen LogP contribution in [0, 0.1) is 0 Å². The second-order valence-corrected chi connectivity index (χ2v) is 13.1. The van der Waals surface area contributed by atoms with Crippen molar-refractivity contribution in [2.45, 2.75) is 112 Å². The highest BCUT2D eigenvalue weighted by atomic mass is 32.2. The van der Waals surface area contributed by atoms with E-state index >= 15 is 0 Å². The van der Waals surface area contributed by atoms with E-state index in [4.69, 9.17) is 9.47 Å². The average Bonchev–Trinajstić information content (AvgIpc) is 2.92. The maximum atomic E-state index is 11.3. The summed E-state index contributed by atoms with van der Waals surface area (Å²) in [6.07, 6.45) is 8.31. The van der Waals surface area contributed by atoms with Crippen LogP contribution in [-0.2, 0) is 28.7 Å². The molecule has 2 aromatic carbocycles. The molecule has 4 rings (SSSR count). The van der Waals surface area contributed by atoms with Crippen LogP contribution in [-0.4, -0.2) is 46.5 Å². The molecule has 10 heteroatoms. The molecule has 0 aromatic heterocycles. The SMILES string of the molecule is CC(=O)Nc1ccccc1S[C@@H]1CCCC[C@H]1OC(C)=O.CC(=O)Nc1ccccc1S[C@H]1CCCC[C@@H]1OC(C)=O. The fourth-order valence-corrected chi connectivity index (χ4v) is 7.86. The lowest BCUT2D eigenvalue weighted by atomic mass is 9.97. The zero-order valence-corrected chi connectivity index (χ0v) is 26.5. The van der Waals surface area contributed by atoms with E-state index in [2.05, 4.69) is 10.6 Å². The molecule has 4 atom stereocenters. The van der Waals surface area contributed by atoms with Crippen LogP contribution in [0.4, 0.5) is 11.4 Å². The molecule has 8 nitrogen and oxygen atoms in total. The molecule has 2 aliphatic rings. The van der Waals surface area contributed by atoms with Crippen LogP contribution in [0.5, 0.6) is 0 Å². The Bertz CT molecular complexity index is 1130. The minimum atomic E-state index is -0.220. The number of carbonyl (C=O) groups is 4. The number of hydrogen-bond acceptors (Lipinski definition) is 8. The van der Waals surface area contributed by atoms with E-state index in [9.17, 15) is 19.2 Å². The molecule has 0 aliphatic heterocycles. The number of benzene rings is 2. The Balaban J connectivity index is 0.000000230. The highest BCUT2D eigenvalue weighted by Gasteiger charge is 2.30. The van der Waals surface area contributed by atoms with E-state index in [1.54, 1.807) is 23.5 Å². The van der Waals surface area contributed by atoms with Crippen LogP contribution >= 0.6 is 23.5 Å². The molecule has 0 bridgehead atoms. The lowest BCUT2D eigenvalue weighted by molar-refractivity contribution is -0.148. The standard InChI is InChI=1S/2C16H21NO3S/c2*1-11(18)17-13-7-3-5-9-15(13)21-16-10-6-4-8-14(16)20-12(2)19/h2*3,5,7,9,14,16H,4,6,8,10H2,1-2H3,(H,17,18)/t2*14-,16-/m10/s1. The molecule has 0 radical (unpaired) electrons. The molecule has 2 aromatic rings. The van der Waals surface area contributed by atoms with Gasteiger partial charge in [0.2, 0.25) is 11.8 Å². The number of amides is 2. The number of carbonyl (C=O) groups excluding carboxylic acids is 4. The number of thioether (sulfide) groups is 2. The minimum absolute atomic E-state index is 0.0355. The highest BCUT2D eigenvalue weighted by Crippen LogP contribution is 2.39. The normalized spacial score (nSPS) is 21.6. The summed E-state index contributed by atoms with van der Waals surface area (Å²) in [4.78, 5) is 47.1. The van der Waals surface area contributed by atoms with E-state index in [1.165, 1.54) is 27.7 Å². The number of ether oxygens (including phenoxy) is 2. The van der Waals surface area contributed by atoms with Crippen molar-refractivity contribution in [1.29, 1.82) is 0 Å². The summed E-state index contributed by atoms with van der Waals surface area (Å²) in [7, 11) is 0. The first-order valence-corrected chi connectivity index (χ1v) is 16.3. The molecule has 42 heavy (non-hydrogen) atoms. The smallest absolute Gasteiger partial charge is 0.302 e. The molecule has 228 valence electrons. The second kappa shape index (κ2) is 17.2. The molecule has 0 heterocycles. The van der Waals surface area contributed by atoms with Crippen LogP contribution in [0.2, 0.25) is 0 Å². The van der Waals surface area contributed by atoms with E-state index in [1.807, 2.05) is 48.5 Å². The molecule has 0 spiro atoms. The van der Waals surface area contributed by atoms with Gasteiger partial charge in [-0.15, -0.1) is 23.5 Å². The van der Waals surface area contributed by atoms with Crippen molar-refractivity contribution < 1.29 is 28.7 Å². The maximum Gasteiger partial charge on any atom is 0.302 e. The lowest BCUT2D eigenvalue weighted by Crippen LogP contribution is -2.31. The van der Waals surface area contributed by atoms with Gasteiger partial charge in [-0.2, -0.15) is 0 Å². The van der Waals surface area contributed by atoms with E-state index in [0.717, 1.165) is 72.5 Å². The topological polar surface area (TPSA) is 111 Å². The largest absolute Gasteiger partial charge is 0.461 e. The number of para-hydroxylation sites is 2. The molecule has 0 saturated heterocycles. The van der Waals surface area contributed by atoms with Crippen LogP contribution in [0.3, 0.4) is 0 Å². The van der Waals surface area contributed by atoms with E-state index in [0.29, 0.717) is 0 Å². The van der Waals surface area contributed by atoms with Gasteiger partial charge in [0.05, 0.1) is 11.4 Å². The fraction of sp³-hybridized carbons (Fsp3) is 0.500. The van der Waals surface area contributed by atoms with Crippen molar-refractivity contribution in [3.8, 4) is 0 Å². The molecular weight excluding hydrogens is 572 g/mol. The predicted octanol–water partition coefficient (Wildman–Crippen LogP) is 7.22. The van der Waals surface area contributed by atoms with Gasteiger partial charge >= 0.3 is 11.9 Å². The van der Waals surface area contributed by atoms with Gasteiger partial charge in [-0.05, 0) is 62.8 Å². The molecule has 2 N–H and O–H groups in total. The lowest BCUT2D eigenvalue weighted by Gasteiger charge is -2.30. The van der Waals surface area contributed by atoms with Crippen molar-refractivity contribution in [3.63, 3.8) is 0 Å². The fourth-order valence-electron chi connectivity index (χ4n) is 5.14. The van der Waals surface area contributed by atoms with Crippen LogP contribution < -0.4 is 10.6 Å². The van der Waals surface area contributed by atoms with Crippen LogP contribution in [0.25, 0.3) is 0 Å². The number of rotatable bonds is 8. The summed E-state index contributed by atoms with van der Waals surface area (Å²) in [5.41, 5.74) is 1.64. The van der Waals surface area contributed by atoms with Gasteiger partial charge in [0.25, 0.3) is 0 Å². The van der Waals surface area contributed by atoms with Gasteiger partial charge in [0, 0.05) is 48.0 Å². The summed E-state index contributed by atoms with van der Waals surface area (Å²) < 4.78 is 10.9. The summed E-state index contributed by atoms with van der Waals surface area (Å²) in [5, 5.41) is 6.20. The first-order chi connectivity index (χ1) is 20.1. The Hall–Kier alpha value is -2.98. The van der Waals surface area contributed by atoms with Gasteiger partial charge in [-0.3, -0.25) is 19.2 Å². The monoisotopic (exact) mass is 614 g/mol. The number of esters is 2. The number of nitrogens with one attached hydrogen (secondary N) is 2. The average molecular weight is 615 g/mol.